The Hall–Kier alpha value is -3.23. The van der Waals surface area contributed by atoms with Crippen LogP contribution in [0.5, 0.6) is 11.5 Å². The van der Waals surface area contributed by atoms with Gasteiger partial charge >= 0.3 is 12.4 Å². The molecule has 0 aromatic heterocycles. The number of ether oxygens (including phenoxy) is 1. The van der Waals surface area contributed by atoms with Gasteiger partial charge in [0.2, 0.25) is 0 Å². The molecule has 3 aromatic carbocycles. The van der Waals surface area contributed by atoms with Crippen LogP contribution in [0.15, 0.2) is 59.5 Å². The monoisotopic (exact) mass is 574 g/mol. The summed E-state index contributed by atoms with van der Waals surface area (Å²) in [7, 11) is -4.45. The smallest absolute Gasteiger partial charge is 0.420 e. The van der Waals surface area contributed by atoms with Gasteiger partial charge in [-0.1, -0.05) is 23.2 Å². The van der Waals surface area contributed by atoms with Crippen molar-refractivity contribution in [3.63, 3.8) is 0 Å². The van der Waals surface area contributed by atoms with Crippen molar-refractivity contribution >= 4 is 44.6 Å². The number of alkyl halides is 6. The van der Waals surface area contributed by atoms with Crippen molar-refractivity contribution < 1.29 is 44.4 Å². The number of sulfonamides is 1. The predicted octanol–water partition coefficient (Wildman–Crippen LogP) is 7.53. The molecule has 192 valence electrons. The highest BCUT2D eigenvalue weighted by Gasteiger charge is 2.36. The van der Waals surface area contributed by atoms with Gasteiger partial charge in [0, 0.05) is 12.1 Å². The molecule has 16 heteroatoms. The maximum atomic E-state index is 13.3. The molecule has 3 rings (SSSR count). The van der Waals surface area contributed by atoms with E-state index in [0.29, 0.717) is 18.2 Å². The molecule has 1 N–H and O–H groups in total. The van der Waals surface area contributed by atoms with E-state index in [-0.39, 0.29) is 11.8 Å². The van der Waals surface area contributed by atoms with Gasteiger partial charge in [0.05, 0.1) is 31.1 Å². The lowest BCUT2D eigenvalue weighted by molar-refractivity contribution is -0.385. The lowest BCUT2D eigenvalue weighted by Gasteiger charge is -2.15. The van der Waals surface area contributed by atoms with Gasteiger partial charge in [-0.05, 0) is 42.5 Å². The zero-order valence-electron chi connectivity index (χ0n) is 17.1. The van der Waals surface area contributed by atoms with E-state index in [4.69, 9.17) is 27.9 Å². The van der Waals surface area contributed by atoms with Crippen LogP contribution >= 0.6 is 23.2 Å². The fraction of sp³-hybridized carbons (Fsp3) is 0.100. The Morgan fingerprint density at radius 3 is 2.00 bits per heavy atom. The van der Waals surface area contributed by atoms with Gasteiger partial charge in [-0.3, -0.25) is 14.8 Å². The first-order chi connectivity index (χ1) is 16.5. The highest BCUT2D eigenvalue weighted by Crippen LogP contribution is 2.42. The highest BCUT2D eigenvalue weighted by atomic mass is 35.5. The summed E-state index contributed by atoms with van der Waals surface area (Å²) in [4.78, 5) is 9.26. The number of nitro benzene ring substituents is 1. The Morgan fingerprint density at radius 1 is 0.833 bits per heavy atom. The summed E-state index contributed by atoms with van der Waals surface area (Å²) in [6.07, 6.45) is -9.73. The predicted molar refractivity (Wildman–Crippen MR) is 117 cm³/mol. The van der Waals surface area contributed by atoms with Gasteiger partial charge in [0.25, 0.3) is 15.7 Å². The van der Waals surface area contributed by atoms with Crippen molar-refractivity contribution in [1.29, 1.82) is 0 Å². The fourth-order valence-corrected chi connectivity index (χ4v) is 4.44. The molecular formula is C20H10Cl2F6N2O5S. The van der Waals surface area contributed by atoms with Crippen molar-refractivity contribution in [2.75, 3.05) is 4.72 Å². The maximum Gasteiger partial charge on any atom is 0.420 e. The quantitative estimate of drug-likeness (QED) is 0.186. The second-order valence-electron chi connectivity index (χ2n) is 6.93. The summed E-state index contributed by atoms with van der Waals surface area (Å²) in [5.74, 6) is -1.25. The third kappa shape index (κ3) is 6.12. The van der Waals surface area contributed by atoms with E-state index in [2.05, 4.69) is 0 Å². The van der Waals surface area contributed by atoms with Crippen LogP contribution in [0.2, 0.25) is 10.0 Å². The molecule has 0 spiro atoms. The Kier molecular flexibility index (Phi) is 7.35. The number of nitrogens with zero attached hydrogens (tertiary/aromatic N) is 1. The number of anilines is 1. The molecule has 0 fully saturated rings. The van der Waals surface area contributed by atoms with E-state index < -0.39 is 70.6 Å². The van der Waals surface area contributed by atoms with E-state index in [1.54, 1.807) is 0 Å². The zero-order chi connectivity index (χ0) is 27.1. The minimum Gasteiger partial charge on any atom is -0.455 e. The van der Waals surface area contributed by atoms with Crippen molar-refractivity contribution in [2.45, 2.75) is 17.2 Å². The average Bonchev–Trinajstić information content (AvgIpc) is 2.75. The van der Waals surface area contributed by atoms with Gasteiger partial charge in [0.15, 0.2) is 0 Å². The summed E-state index contributed by atoms with van der Waals surface area (Å²) >= 11 is 11.7. The topological polar surface area (TPSA) is 98.5 Å². The van der Waals surface area contributed by atoms with Crippen LogP contribution in [0, 0.1) is 10.1 Å². The van der Waals surface area contributed by atoms with Crippen LogP contribution in [0.25, 0.3) is 0 Å². The Bertz CT molecular complexity index is 1450. The van der Waals surface area contributed by atoms with Crippen molar-refractivity contribution in [3.05, 3.63) is 85.9 Å². The number of benzene rings is 3. The van der Waals surface area contributed by atoms with Crippen LogP contribution in [0.1, 0.15) is 11.1 Å². The molecule has 0 unspecified atom stereocenters. The van der Waals surface area contributed by atoms with Crippen LogP contribution in [0.3, 0.4) is 0 Å². The fourth-order valence-electron chi connectivity index (χ4n) is 2.77. The minimum absolute atomic E-state index is 0.264. The average molecular weight is 575 g/mol. The Morgan fingerprint density at radius 2 is 1.47 bits per heavy atom. The lowest BCUT2D eigenvalue weighted by Crippen LogP contribution is -2.14. The lowest BCUT2D eigenvalue weighted by atomic mass is 10.1. The first kappa shape index (κ1) is 27.4. The molecule has 0 aliphatic carbocycles. The van der Waals surface area contributed by atoms with E-state index in [0.717, 1.165) is 30.3 Å². The molecule has 0 saturated heterocycles. The Balaban J connectivity index is 1.90. The number of nitrogens with one attached hydrogen (secondary N) is 1. The second kappa shape index (κ2) is 9.67. The van der Waals surface area contributed by atoms with Gasteiger partial charge in [0.1, 0.15) is 17.1 Å². The zero-order valence-corrected chi connectivity index (χ0v) is 19.4. The van der Waals surface area contributed by atoms with Crippen molar-refractivity contribution in [2.24, 2.45) is 0 Å². The molecule has 0 bridgehead atoms. The third-order valence-electron chi connectivity index (χ3n) is 4.45. The normalized spacial score (nSPS) is 12.3. The molecule has 0 amide bonds. The van der Waals surface area contributed by atoms with Crippen molar-refractivity contribution in [3.8, 4) is 11.5 Å². The van der Waals surface area contributed by atoms with E-state index >= 15 is 0 Å². The summed E-state index contributed by atoms with van der Waals surface area (Å²) in [6.45, 7) is 0. The number of nitro groups is 1. The molecule has 0 saturated carbocycles. The van der Waals surface area contributed by atoms with Crippen LogP contribution in [-0.4, -0.2) is 13.3 Å². The molecule has 3 aromatic rings. The van der Waals surface area contributed by atoms with Gasteiger partial charge in [-0.25, -0.2) is 8.42 Å². The van der Waals surface area contributed by atoms with Crippen LogP contribution in [0.4, 0.5) is 37.7 Å². The molecule has 0 aliphatic rings. The summed E-state index contributed by atoms with van der Waals surface area (Å²) < 4.78 is 111. The summed E-state index contributed by atoms with van der Waals surface area (Å²) in [5.41, 5.74) is -3.79. The SMILES string of the molecule is O=[N+]([O-])c1ccc(Oc2ccc(S(=O)(=O)Nc3ccc(C(F)(F)F)cc3Cl)cc2Cl)c(C(F)(F)F)c1. The number of hydrogen-bond donors (Lipinski definition) is 1. The molecule has 0 radical (unpaired) electrons. The molecule has 0 heterocycles. The molecule has 0 aliphatic heterocycles. The number of hydrogen-bond acceptors (Lipinski definition) is 5. The second-order valence-corrected chi connectivity index (χ2v) is 9.42. The number of halogens is 8. The first-order valence-corrected chi connectivity index (χ1v) is 11.5. The molecule has 7 nitrogen and oxygen atoms in total. The van der Waals surface area contributed by atoms with E-state index in [1.807, 2.05) is 4.72 Å². The first-order valence-electron chi connectivity index (χ1n) is 9.21. The third-order valence-corrected chi connectivity index (χ3v) is 6.42. The summed E-state index contributed by atoms with van der Waals surface area (Å²) in [5, 5.41) is 9.80. The minimum atomic E-state index is -5.03. The molecule has 36 heavy (non-hydrogen) atoms. The Labute approximate surface area is 208 Å². The van der Waals surface area contributed by atoms with Crippen LogP contribution < -0.4 is 9.46 Å². The van der Waals surface area contributed by atoms with E-state index in [9.17, 15) is 44.9 Å². The number of rotatable bonds is 6. The van der Waals surface area contributed by atoms with Gasteiger partial charge in [-0.15, -0.1) is 0 Å². The maximum absolute atomic E-state index is 13.3. The van der Waals surface area contributed by atoms with Gasteiger partial charge in [-0.2, -0.15) is 26.3 Å². The molecular weight excluding hydrogens is 565 g/mol. The number of non-ortho nitro benzene ring substituents is 1. The van der Waals surface area contributed by atoms with E-state index in [1.165, 1.54) is 0 Å². The van der Waals surface area contributed by atoms with Crippen molar-refractivity contribution in [1.82, 2.24) is 0 Å². The highest BCUT2D eigenvalue weighted by molar-refractivity contribution is 7.92. The van der Waals surface area contributed by atoms with Crippen LogP contribution in [-0.2, 0) is 22.4 Å². The van der Waals surface area contributed by atoms with Gasteiger partial charge < -0.3 is 4.74 Å². The standard InChI is InChI=1S/C20H10Cl2F6N2O5S/c21-14-7-10(19(23,24)25)1-4-16(14)29-36(33,34)12-3-6-18(15(22)9-12)35-17-5-2-11(30(31)32)8-13(17)20(26,27)28/h1-9,29H. The summed E-state index contributed by atoms with van der Waals surface area (Å²) in [6, 6.07) is 6.31. The largest absolute Gasteiger partial charge is 0.455 e. The molecule has 0 atom stereocenters.